The van der Waals surface area contributed by atoms with Crippen LogP contribution in [0.3, 0.4) is 0 Å². The largest absolute Gasteiger partial charge is 0.481 e. The number of hydrogen-bond acceptors (Lipinski definition) is 2. The highest BCUT2D eigenvalue weighted by Gasteiger charge is 2.35. The van der Waals surface area contributed by atoms with Crippen molar-refractivity contribution in [1.82, 2.24) is 0 Å². The molecule has 2 N–H and O–H groups in total. The highest BCUT2D eigenvalue weighted by atomic mass is 16.4. The molecule has 0 amide bonds. The SMILES string of the molecule is CCC(C)(C)C(CC(C)C(=O)O)C(=O)O. The van der Waals surface area contributed by atoms with E-state index in [0.29, 0.717) is 0 Å². The van der Waals surface area contributed by atoms with E-state index < -0.39 is 23.8 Å². The first-order chi connectivity index (χ1) is 6.72. The highest BCUT2D eigenvalue weighted by Crippen LogP contribution is 2.35. The van der Waals surface area contributed by atoms with Gasteiger partial charge in [0.25, 0.3) is 0 Å². The third-order valence-electron chi connectivity index (χ3n) is 3.16. The maximum Gasteiger partial charge on any atom is 0.307 e. The molecular formula is C11H20O4. The smallest absolute Gasteiger partial charge is 0.307 e. The maximum absolute atomic E-state index is 11.1. The monoisotopic (exact) mass is 216 g/mol. The van der Waals surface area contributed by atoms with Gasteiger partial charge in [0, 0.05) is 0 Å². The maximum atomic E-state index is 11.1. The van der Waals surface area contributed by atoms with E-state index in [2.05, 4.69) is 0 Å². The molecule has 0 aromatic heterocycles. The van der Waals surface area contributed by atoms with E-state index in [-0.39, 0.29) is 11.8 Å². The molecule has 2 atom stereocenters. The molecule has 0 spiro atoms. The van der Waals surface area contributed by atoms with Gasteiger partial charge in [-0.05, 0) is 11.8 Å². The minimum Gasteiger partial charge on any atom is -0.481 e. The molecule has 0 saturated heterocycles. The van der Waals surface area contributed by atoms with E-state index in [4.69, 9.17) is 10.2 Å². The lowest BCUT2D eigenvalue weighted by atomic mass is 9.73. The summed E-state index contributed by atoms with van der Waals surface area (Å²) in [7, 11) is 0. The molecule has 0 heterocycles. The lowest BCUT2D eigenvalue weighted by Crippen LogP contribution is -2.33. The van der Waals surface area contributed by atoms with E-state index in [9.17, 15) is 9.59 Å². The molecule has 0 aromatic rings. The first-order valence-electron chi connectivity index (χ1n) is 5.18. The van der Waals surface area contributed by atoms with Crippen molar-refractivity contribution in [2.75, 3.05) is 0 Å². The molecule has 0 saturated carbocycles. The van der Waals surface area contributed by atoms with Crippen molar-refractivity contribution in [3.05, 3.63) is 0 Å². The zero-order valence-electron chi connectivity index (χ0n) is 9.78. The lowest BCUT2D eigenvalue weighted by Gasteiger charge is -2.31. The summed E-state index contributed by atoms with van der Waals surface area (Å²) in [6, 6.07) is 0. The minimum absolute atomic E-state index is 0.186. The molecule has 15 heavy (non-hydrogen) atoms. The summed E-state index contributed by atoms with van der Waals surface area (Å²) in [6.45, 7) is 7.19. The van der Waals surface area contributed by atoms with E-state index in [1.165, 1.54) is 0 Å². The van der Waals surface area contributed by atoms with Gasteiger partial charge in [-0.25, -0.2) is 0 Å². The molecule has 0 bridgehead atoms. The molecule has 0 aliphatic carbocycles. The Morgan fingerprint density at radius 1 is 1.20 bits per heavy atom. The first-order valence-corrected chi connectivity index (χ1v) is 5.18. The van der Waals surface area contributed by atoms with E-state index in [1.54, 1.807) is 6.92 Å². The summed E-state index contributed by atoms with van der Waals surface area (Å²) < 4.78 is 0. The molecule has 0 aliphatic heterocycles. The van der Waals surface area contributed by atoms with Crippen molar-refractivity contribution in [1.29, 1.82) is 0 Å². The van der Waals surface area contributed by atoms with Crippen LogP contribution < -0.4 is 0 Å². The molecular weight excluding hydrogens is 196 g/mol. The Balaban J connectivity index is 4.70. The van der Waals surface area contributed by atoms with Crippen LogP contribution in [0.4, 0.5) is 0 Å². The summed E-state index contributed by atoms with van der Waals surface area (Å²) in [5.41, 5.74) is -0.366. The summed E-state index contributed by atoms with van der Waals surface area (Å²) in [4.78, 5) is 21.7. The average Bonchev–Trinajstić information content (AvgIpc) is 2.12. The Bertz CT molecular complexity index is 245. The quantitative estimate of drug-likeness (QED) is 0.714. The average molecular weight is 216 g/mol. The molecule has 0 radical (unpaired) electrons. The standard InChI is InChI=1S/C11H20O4/c1-5-11(3,4)8(10(14)15)6-7(2)9(12)13/h7-8H,5-6H2,1-4H3,(H,12,13)(H,14,15). The number of hydrogen-bond donors (Lipinski definition) is 2. The van der Waals surface area contributed by atoms with E-state index in [1.807, 2.05) is 20.8 Å². The van der Waals surface area contributed by atoms with Gasteiger partial charge in [-0.1, -0.05) is 34.1 Å². The van der Waals surface area contributed by atoms with Crippen LogP contribution in [0.25, 0.3) is 0 Å². The first kappa shape index (κ1) is 13.9. The third kappa shape index (κ3) is 3.90. The number of carbonyl (C=O) groups is 2. The van der Waals surface area contributed by atoms with Gasteiger partial charge < -0.3 is 10.2 Å². The van der Waals surface area contributed by atoms with Gasteiger partial charge in [-0.2, -0.15) is 0 Å². The van der Waals surface area contributed by atoms with Crippen LogP contribution in [0.15, 0.2) is 0 Å². The Hall–Kier alpha value is -1.06. The van der Waals surface area contributed by atoms with Gasteiger partial charge in [-0.15, -0.1) is 0 Å². The fourth-order valence-corrected chi connectivity index (χ4v) is 1.45. The Kier molecular flexibility index (Phi) is 4.78. The second-order valence-electron chi connectivity index (χ2n) is 4.71. The molecule has 4 nitrogen and oxygen atoms in total. The van der Waals surface area contributed by atoms with Crippen molar-refractivity contribution in [3.63, 3.8) is 0 Å². The second-order valence-corrected chi connectivity index (χ2v) is 4.71. The van der Waals surface area contributed by atoms with Crippen molar-refractivity contribution in [2.24, 2.45) is 17.3 Å². The fourth-order valence-electron chi connectivity index (χ4n) is 1.45. The van der Waals surface area contributed by atoms with Gasteiger partial charge in [-0.3, -0.25) is 9.59 Å². The fraction of sp³-hybridized carbons (Fsp3) is 0.818. The lowest BCUT2D eigenvalue weighted by molar-refractivity contribution is -0.149. The second kappa shape index (κ2) is 5.14. The molecule has 0 aliphatic rings. The topological polar surface area (TPSA) is 74.6 Å². The Morgan fingerprint density at radius 3 is 1.93 bits per heavy atom. The Morgan fingerprint density at radius 2 is 1.67 bits per heavy atom. The van der Waals surface area contributed by atoms with Crippen LogP contribution in [0.2, 0.25) is 0 Å². The van der Waals surface area contributed by atoms with Crippen LogP contribution in [-0.4, -0.2) is 22.2 Å². The van der Waals surface area contributed by atoms with Gasteiger partial charge in [0.1, 0.15) is 0 Å². The van der Waals surface area contributed by atoms with Crippen LogP contribution in [0, 0.1) is 17.3 Å². The molecule has 4 heteroatoms. The van der Waals surface area contributed by atoms with Crippen molar-refractivity contribution >= 4 is 11.9 Å². The van der Waals surface area contributed by atoms with Crippen LogP contribution in [0.1, 0.15) is 40.5 Å². The van der Waals surface area contributed by atoms with Crippen molar-refractivity contribution < 1.29 is 19.8 Å². The summed E-state index contributed by atoms with van der Waals surface area (Å²) in [6.07, 6.45) is 0.905. The van der Waals surface area contributed by atoms with Gasteiger partial charge in [0.15, 0.2) is 0 Å². The highest BCUT2D eigenvalue weighted by molar-refractivity contribution is 5.74. The molecule has 0 rings (SSSR count). The van der Waals surface area contributed by atoms with Crippen LogP contribution in [0.5, 0.6) is 0 Å². The van der Waals surface area contributed by atoms with Crippen molar-refractivity contribution in [2.45, 2.75) is 40.5 Å². The van der Waals surface area contributed by atoms with Gasteiger partial charge in [0.2, 0.25) is 0 Å². The summed E-state index contributed by atoms with van der Waals surface area (Å²) >= 11 is 0. The summed E-state index contributed by atoms with van der Waals surface area (Å²) in [5, 5.41) is 17.8. The predicted octanol–water partition coefficient (Wildman–Crippen LogP) is 2.23. The Labute approximate surface area is 90.3 Å². The molecule has 0 fully saturated rings. The van der Waals surface area contributed by atoms with E-state index in [0.717, 1.165) is 6.42 Å². The van der Waals surface area contributed by atoms with Crippen LogP contribution in [-0.2, 0) is 9.59 Å². The zero-order chi connectivity index (χ0) is 12.2. The summed E-state index contributed by atoms with van der Waals surface area (Å²) in [5.74, 6) is -3.06. The number of carboxylic acids is 2. The van der Waals surface area contributed by atoms with Gasteiger partial charge in [0.05, 0.1) is 11.8 Å². The van der Waals surface area contributed by atoms with Gasteiger partial charge >= 0.3 is 11.9 Å². The molecule has 88 valence electrons. The van der Waals surface area contributed by atoms with Crippen LogP contribution >= 0.6 is 0 Å². The molecule has 2 unspecified atom stereocenters. The molecule has 0 aromatic carbocycles. The van der Waals surface area contributed by atoms with E-state index >= 15 is 0 Å². The number of aliphatic carboxylic acids is 2. The number of carboxylic acid groups (broad SMARTS) is 2. The normalized spacial score (nSPS) is 15.7. The predicted molar refractivity (Wildman–Crippen MR) is 56.6 cm³/mol. The number of rotatable bonds is 6. The third-order valence-corrected chi connectivity index (χ3v) is 3.16. The minimum atomic E-state index is -0.937. The van der Waals surface area contributed by atoms with Crippen molar-refractivity contribution in [3.8, 4) is 0 Å². The zero-order valence-corrected chi connectivity index (χ0v) is 9.78.